The van der Waals surface area contributed by atoms with Crippen LogP contribution in [0.2, 0.25) is 0 Å². The van der Waals surface area contributed by atoms with Crippen LogP contribution in [0.15, 0.2) is 65.5 Å². The van der Waals surface area contributed by atoms with Crippen molar-refractivity contribution in [3.05, 3.63) is 60.3 Å². The van der Waals surface area contributed by atoms with Crippen molar-refractivity contribution in [3.8, 4) is 5.75 Å². The zero-order valence-electron chi connectivity index (χ0n) is 34.3. The molecular formula is C43H63N3O11. The van der Waals surface area contributed by atoms with Crippen molar-refractivity contribution >= 4 is 28.9 Å². The first-order valence-corrected chi connectivity index (χ1v) is 20.1. The number of rotatable bonds is 13. The summed E-state index contributed by atoms with van der Waals surface area (Å²) in [4.78, 5) is 37.4. The third-order valence-electron chi connectivity index (χ3n) is 11.0. The minimum absolute atomic E-state index is 0.0314. The van der Waals surface area contributed by atoms with Gasteiger partial charge in [0.2, 0.25) is 0 Å². The lowest BCUT2D eigenvalue weighted by molar-refractivity contribution is -0.304. The van der Waals surface area contributed by atoms with Gasteiger partial charge in [-0.1, -0.05) is 49.7 Å². The first kappa shape index (κ1) is 45.9. The maximum Gasteiger partial charge on any atom is 0.308 e. The second-order valence-electron chi connectivity index (χ2n) is 15.6. The van der Waals surface area contributed by atoms with Crippen LogP contribution in [0.25, 0.3) is 10.9 Å². The molecule has 0 spiro atoms. The zero-order chi connectivity index (χ0) is 41.6. The largest absolute Gasteiger partial charge is 0.493 e. The zero-order valence-corrected chi connectivity index (χ0v) is 34.3. The standard InChI is InChI=1S/C43H63N3O11/c1-8-37-32(25-48)21-26(2)12-14-34(45-54-20-10-19-53-33-13-15-35-30(23-33)11-9-17-44-35)27(3)22-31(16-18-47)42(28(4)36(49)24-38(50)56-37)57-43-41(52)39(46(6)7)40(51)29(5)55-43/h9,11-15,17-18,21,23,27-29,31-32,36-37,39-43,48-49,51-52H,8,10,16,19-20,22,24-25H2,1-7H3/b14-12+,26-21+,45-34-/t27-,28+,29-,31+,32?,36-,37-,39+,40-,41-,42-,43+/m1/s1. The molecule has 2 aliphatic rings. The van der Waals surface area contributed by atoms with E-state index < -0.39 is 72.7 Å². The number of cyclic esters (lactones) is 1. The van der Waals surface area contributed by atoms with Crippen molar-refractivity contribution in [3.63, 3.8) is 0 Å². The van der Waals surface area contributed by atoms with E-state index in [0.717, 1.165) is 28.5 Å². The molecule has 0 saturated carbocycles. The maximum atomic E-state index is 13.2. The van der Waals surface area contributed by atoms with Crippen LogP contribution in [0.4, 0.5) is 0 Å². The van der Waals surface area contributed by atoms with Crippen LogP contribution >= 0.6 is 0 Å². The topological polar surface area (TPSA) is 190 Å². The Morgan fingerprint density at radius 2 is 1.84 bits per heavy atom. The number of aliphatic hydroxyl groups excluding tert-OH is 4. The number of benzene rings is 1. The van der Waals surface area contributed by atoms with Gasteiger partial charge in [-0.05, 0) is 77.0 Å². The highest BCUT2D eigenvalue weighted by Gasteiger charge is 2.47. The maximum absolute atomic E-state index is 13.2. The van der Waals surface area contributed by atoms with Crippen molar-refractivity contribution < 1.29 is 53.8 Å². The van der Waals surface area contributed by atoms with E-state index in [1.165, 1.54) is 0 Å². The van der Waals surface area contributed by atoms with E-state index in [0.29, 0.717) is 31.6 Å². The van der Waals surface area contributed by atoms with Crippen LogP contribution in [0.3, 0.4) is 0 Å². The van der Waals surface area contributed by atoms with Gasteiger partial charge in [0.1, 0.15) is 30.9 Å². The molecule has 1 aromatic heterocycles. The fourth-order valence-corrected chi connectivity index (χ4v) is 7.63. The average molecular weight is 798 g/mol. The molecule has 1 fully saturated rings. The number of aromatic nitrogens is 1. The molecule has 14 heteroatoms. The molecule has 316 valence electrons. The normalized spacial score (nSPS) is 34.4. The lowest BCUT2D eigenvalue weighted by atomic mass is 9.79. The van der Waals surface area contributed by atoms with E-state index in [9.17, 15) is 30.0 Å². The van der Waals surface area contributed by atoms with Crippen LogP contribution < -0.4 is 4.74 Å². The van der Waals surface area contributed by atoms with Gasteiger partial charge < -0.3 is 53.9 Å². The predicted octanol–water partition coefficient (Wildman–Crippen LogP) is 4.22. The molecule has 14 nitrogen and oxygen atoms in total. The number of oxime groups is 1. The number of carbonyl (C=O) groups is 2. The van der Waals surface area contributed by atoms with Crippen molar-refractivity contribution in [1.29, 1.82) is 0 Å². The molecule has 3 heterocycles. The van der Waals surface area contributed by atoms with Gasteiger partial charge in [0.15, 0.2) is 6.29 Å². The Hall–Kier alpha value is -3.76. The van der Waals surface area contributed by atoms with Crippen molar-refractivity contribution in [2.45, 2.75) is 116 Å². The Balaban J connectivity index is 1.62. The number of hydrogen-bond donors (Lipinski definition) is 4. The van der Waals surface area contributed by atoms with Crippen molar-refractivity contribution in [1.82, 2.24) is 9.88 Å². The van der Waals surface area contributed by atoms with Gasteiger partial charge in [-0.3, -0.25) is 9.78 Å². The van der Waals surface area contributed by atoms with Crippen LogP contribution in [0.1, 0.15) is 66.7 Å². The Bertz CT molecular complexity index is 1670. The highest BCUT2D eigenvalue weighted by Crippen LogP contribution is 2.34. The SMILES string of the molecule is CC[C@H]1OC(=O)C[C@@H](O)[C@H](C)[C@@H](O[C@@H]2O[C@H](C)[C@@H](O)[C@H](N(C)C)[C@H]2O)[C@@H](CC=O)C[C@@H](C)C(=N\OCCCOc2ccc3ncccc3c2)/C=C/C(C)=C/C1CO. The smallest absolute Gasteiger partial charge is 0.308 e. The molecule has 2 aliphatic heterocycles. The Morgan fingerprint density at radius 3 is 2.54 bits per heavy atom. The molecule has 0 bridgehead atoms. The van der Waals surface area contributed by atoms with E-state index >= 15 is 0 Å². The third kappa shape index (κ3) is 12.9. The Labute approximate surface area is 336 Å². The lowest BCUT2D eigenvalue weighted by Gasteiger charge is -2.46. The van der Waals surface area contributed by atoms with Gasteiger partial charge in [0.05, 0.1) is 61.3 Å². The van der Waals surface area contributed by atoms with E-state index in [-0.39, 0.29) is 32.0 Å². The molecule has 0 aliphatic carbocycles. The number of ether oxygens (including phenoxy) is 4. The molecular weight excluding hydrogens is 734 g/mol. The van der Waals surface area contributed by atoms with E-state index in [1.807, 2.05) is 69.3 Å². The van der Waals surface area contributed by atoms with E-state index in [1.54, 1.807) is 39.0 Å². The fraction of sp³-hybridized carbons (Fsp3) is 0.628. The number of hydrogen-bond acceptors (Lipinski definition) is 14. The summed E-state index contributed by atoms with van der Waals surface area (Å²) in [5.41, 5.74) is 2.26. The van der Waals surface area contributed by atoms with Gasteiger partial charge in [0, 0.05) is 42.2 Å². The summed E-state index contributed by atoms with van der Waals surface area (Å²) in [6, 6.07) is 8.87. The number of fused-ring (bicyclic) bond motifs is 1. The molecule has 4 rings (SSSR count). The van der Waals surface area contributed by atoms with Crippen LogP contribution in [-0.2, 0) is 28.6 Å². The average Bonchev–Trinajstić information content (AvgIpc) is 3.18. The highest BCUT2D eigenvalue weighted by molar-refractivity contribution is 5.96. The summed E-state index contributed by atoms with van der Waals surface area (Å²) >= 11 is 0. The number of likely N-dealkylation sites (N-methyl/N-ethyl adjacent to an activating group) is 1. The number of aliphatic hydroxyl groups is 4. The summed E-state index contributed by atoms with van der Waals surface area (Å²) in [6.07, 6.45) is 2.04. The lowest BCUT2D eigenvalue weighted by Crippen LogP contribution is -2.63. The summed E-state index contributed by atoms with van der Waals surface area (Å²) < 4.78 is 24.3. The molecule has 0 radical (unpaired) electrons. The molecule has 57 heavy (non-hydrogen) atoms. The number of allylic oxidation sites excluding steroid dienone is 3. The van der Waals surface area contributed by atoms with Gasteiger partial charge in [-0.2, -0.15) is 0 Å². The van der Waals surface area contributed by atoms with Gasteiger partial charge >= 0.3 is 5.97 Å². The quantitative estimate of drug-likeness (QED) is 0.0977. The summed E-state index contributed by atoms with van der Waals surface area (Å²) in [5, 5.41) is 49.6. The molecule has 12 atom stereocenters. The van der Waals surface area contributed by atoms with Crippen molar-refractivity contribution in [2.75, 3.05) is 33.9 Å². The Morgan fingerprint density at radius 1 is 1.07 bits per heavy atom. The fourth-order valence-electron chi connectivity index (χ4n) is 7.63. The van der Waals surface area contributed by atoms with Gasteiger partial charge in [-0.25, -0.2) is 0 Å². The number of nitrogens with zero attached hydrogens (tertiary/aromatic N) is 3. The number of esters is 1. The molecule has 1 saturated heterocycles. The number of pyridine rings is 1. The van der Waals surface area contributed by atoms with Gasteiger partial charge in [0.25, 0.3) is 0 Å². The minimum Gasteiger partial charge on any atom is -0.493 e. The van der Waals surface area contributed by atoms with Crippen LogP contribution in [-0.4, -0.2) is 131 Å². The number of carbonyl (C=O) groups excluding carboxylic acids is 2. The first-order valence-electron chi connectivity index (χ1n) is 20.1. The van der Waals surface area contributed by atoms with Crippen LogP contribution in [0, 0.1) is 23.7 Å². The van der Waals surface area contributed by atoms with E-state index in [4.69, 9.17) is 23.8 Å². The molecule has 1 unspecified atom stereocenters. The predicted molar refractivity (Wildman–Crippen MR) is 215 cm³/mol. The highest BCUT2D eigenvalue weighted by atomic mass is 16.7. The molecule has 4 N–H and O–H groups in total. The number of aldehydes is 1. The molecule has 2 aromatic rings. The first-order chi connectivity index (χ1) is 27.3. The summed E-state index contributed by atoms with van der Waals surface area (Å²) in [7, 11) is 3.48. The van der Waals surface area contributed by atoms with Crippen molar-refractivity contribution in [2.24, 2.45) is 28.8 Å². The van der Waals surface area contributed by atoms with Gasteiger partial charge in [-0.15, -0.1) is 0 Å². The summed E-state index contributed by atoms with van der Waals surface area (Å²) in [6.45, 7) is 9.50. The summed E-state index contributed by atoms with van der Waals surface area (Å²) in [5.74, 6) is -2.01. The second kappa shape index (κ2) is 22.4. The minimum atomic E-state index is -1.28. The van der Waals surface area contributed by atoms with E-state index in [2.05, 4.69) is 10.1 Å². The Kier molecular flexibility index (Phi) is 18.1. The second-order valence-corrected chi connectivity index (χ2v) is 15.6. The monoisotopic (exact) mass is 797 g/mol. The third-order valence-corrected chi connectivity index (χ3v) is 11.0. The van der Waals surface area contributed by atoms with Crippen LogP contribution in [0.5, 0.6) is 5.75 Å². The molecule has 0 amide bonds. The molecule has 1 aromatic carbocycles.